The molecule has 0 radical (unpaired) electrons. The summed E-state index contributed by atoms with van der Waals surface area (Å²) >= 11 is 0. The summed E-state index contributed by atoms with van der Waals surface area (Å²) in [6.45, 7) is 0. The second-order valence-electron chi connectivity index (χ2n) is 2.31. The highest BCUT2D eigenvalue weighted by Gasteiger charge is 2.11. The number of hydrogen-bond donors (Lipinski definition) is 1. The Balaban J connectivity index is 3.21. The third kappa shape index (κ3) is 1.58. The number of hydrogen-bond acceptors (Lipinski definition) is 2. The molecule has 0 amide bonds. The zero-order valence-corrected chi connectivity index (χ0v) is 6.13. The Hall–Kier alpha value is -1.45. The SMILES string of the molecule is Nc1ccc(C=O)c(C(F)F)c1. The maximum Gasteiger partial charge on any atom is 0.264 e. The van der Waals surface area contributed by atoms with Crippen molar-refractivity contribution in [2.75, 3.05) is 5.73 Å². The van der Waals surface area contributed by atoms with E-state index in [0.717, 1.165) is 6.07 Å². The Morgan fingerprint density at radius 3 is 2.58 bits per heavy atom. The van der Waals surface area contributed by atoms with E-state index in [-0.39, 0.29) is 16.8 Å². The van der Waals surface area contributed by atoms with Crippen molar-refractivity contribution in [1.29, 1.82) is 0 Å². The minimum atomic E-state index is -2.66. The highest BCUT2D eigenvalue weighted by Crippen LogP contribution is 2.23. The van der Waals surface area contributed by atoms with E-state index in [1.165, 1.54) is 12.1 Å². The minimum Gasteiger partial charge on any atom is -0.399 e. The van der Waals surface area contributed by atoms with Crippen LogP contribution < -0.4 is 5.73 Å². The molecule has 12 heavy (non-hydrogen) atoms. The second kappa shape index (κ2) is 3.30. The number of anilines is 1. The highest BCUT2D eigenvalue weighted by molar-refractivity contribution is 5.78. The third-order valence-electron chi connectivity index (χ3n) is 1.47. The van der Waals surface area contributed by atoms with Crippen molar-refractivity contribution < 1.29 is 13.6 Å². The van der Waals surface area contributed by atoms with Crippen LogP contribution in [-0.4, -0.2) is 6.29 Å². The molecule has 0 saturated heterocycles. The number of carbonyl (C=O) groups is 1. The van der Waals surface area contributed by atoms with Crippen LogP contribution in [0, 0.1) is 0 Å². The summed E-state index contributed by atoms with van der Waals surface area (Å²) in [4.78, 5) is 10.3. The predicted octanol–water partition coefficient (Wildman–Crippen LogP) is 2.02. The molecular weight excluding hydrogens is 164 g/mol. The van der Waals surface area contributed by atoms with Crippen LogP contribution in [0.3, 0.4) is 0 Å². The van der Waals surface area contributed by atoms with Gasteiger partial charge >= 0.3 is 0 Å². The van der Waals surface area contributed by atoms with E-state index in [4.69, 9.17) is 5.73 Å². The average molecular weight is 171 g/mol. The van der Waals surface area contributed by atoms with Gasteiger partial charge in [-0.3, -0.25) is 4.79 Å². The fourth-order valence-corrected chi connectivity index (χ4v) is 0.890. The van der Waals surface area contributed by atoms with Crippen molar-refractivity contribution in [2.45, 2.75) is 6.43 Å². The van der Waals surface area contributed by atoms with Crippen molar-refractivity contribution >= 4 is 12.0 Å². The van der Waals surface area contributed by atoms with Crippen LogP contribution in [0.25, 0.3) is 0 Å². The molecule has 1 aromatic carbocycles. The summed E-state index contributed by atoms with van der Waals surface area (Å²) in [5.74, 6) is 0. The van der Waals surface area contributed by atoms with Gasteiger partial charge in [-0.1, -0.05) is 0 Å². The highest BCUT2D eigenvalue weighted by atomic mass is 19.3. The molecule has 2 N–H and O–H groups in total. The lowest BCUT2D eigenvalue weighted by Crippen LogP contribution is -1.95. The van der Waals surface area contributed by atoms with Crippen LogP contribution in [0.2, 0.25) is 0 Å². The average Bonchev–Trinajstić information content (AvgIpc) is 2.04. The number of rotatable bonds is 2. The number of aldehydes is 1. The molecule has 0 spiro atoms. The van der Waals surface area contributed by atoms with Crippen molar-refractivity contribution in [1.82, 2.24) is 0 Å². The lowest BCUT2D eigenvalue weighted by atomic mass is 10.1. The van der Waals surface area contributed by atoms with Crippen LogP contribution in [0.4, 0.5) is 14.5 Å². The van der Waals surface area contributed by atoms with Crippen LogP contribution in [0.15, 0.2) is 18.2 Å². The smallest absolute Gasteiger partial charge is 0.264 e. The molecule has 0 aliphatic carbocycles. The third-order valence-corrected chi connectivity index (χ3v) is 1.47. The molecule has 0 saturated carbocycles. The zero-order valence-electron chi connectivity index (χ0n) is 6.13. The van der Waals surface area contributed by atoms with Gasteiger partial charge in [0.05, 0.1) is 0 Å². The molecule has 0 unspecified atom stereocenters. The Morgan fingerprint density at radius 2 is 2.08 bits per heavy atom. The van der Waals surface area contributed by atoms with E-state index in [1.54, 1.807) is 0 Å². The molecule has 1 rings (SSSR count). The van der Waals surface area contributed by atoms with Gasteiger partial charge < -0.3 is 5.73 Å². The standard InChI is InChI=1S/C8H7F2NO/c9-8(10)7-3-6(11)2-1-5(7)4-12/h1-4,8H,11H2. The first-order chi connectivity index (χ1) is 5.65. The first kappa shape index (κ1) is 8.64. The number of carbonyl (C=O) groups excluding carboxylic acids is 1. The molecule has 0 atom stereocenters. The minimum absolute atomic E-state index is 0.0146. The van der Waals surface area contributed by atoms with E-state index in [0.29, 0.717) is 6.29 Å². The number of benzene rings is 1. The van der Waals surface area contributed by atoms with E-state index < -0.39 is 6.43 Å². The zero-order chi connectivity index (χ0) is 9.14. The maximum atomic E-state index is 12.2. The molecule has 64 valence electrons. The Kier molecular flexibility index (Phi) is 2.38. The predicted molar refractivity (Wildman–Crippen MR) is 41.2 cm³/mol. The van der Waals surface area contributed by atoms with Gasteiger partial charge in [-0.15, -0.1) is 0 Å². The Bertz CT molecular complexity index is 299. The first-order valence-corrected chi connectivity index (χ1v) is 3.28. The van der Waals surface area contributed by atoms with E-state index in [2.05, 4.69) is 0 Å². The first-order valence-electron chi connectivity index (χ1n) is 3.28. The van der Waals surface area contributed by atoms with Gasteiger partial charge in [0.15, 0.2) is 6.29 Å². The van der Waals surface area contributed by atoms with E-state index >= 15 is 0 Å². The quantitative estimate of drug-likeness (QED) is 0.546. The van der Waals surface area contributed by atoms with Gasteiger partial charge in [0.25, 0.3) is 6.43 Å². The molecule has 0 bridgehead atoms. The van der Waals surface area contributed by atoms with Crippen LogP contribution >= 0.6 is 0 Å². The molecule has 0 aliphatic rings. The second-order valence-corrected chi connectivity index (χ2v) is 2.31. The van der Waals surface area contributed by atoms with E-state index in [1.807, 2.05) is 0 Å². The van der Waals surface area contributed by atoms with Gasteiger partial charge in [0.2, 0.25) is 0 Å². The molecule has 0 aromatic heterocycles. The number of halogens is 2. The van der Waals surface area contributed by atoms with Gasteiger partial charge in [-0.2, -0.15) is 0 Å². The summed E-state index contributed by atoms with van der Waals surface area (Å²) in [6.07, 6.45) is -2.27. The summed E-state index contributed by atoms with van der Waals surface area (Å²) in [7, 11) is 0. The molecule has 0 heterocycles. The topological polar surface area (TPSA) is 43.1 Å². The summed E-state index contributed by atoms with van der Waals surface area (Å²) < 4.78 is 24.4. The van der Waals surface area contributed by atoms with Crippen molar-refractivity contribution in [3.8, 4) is 0 Å². The Labute approximate surface area is 68.0 Å². The lowest BCUT2D eigenvalue weighted by Gasteiger charge is -2.03. The molecule has 4 heteroatoms. The molecule has 1 aromatic rings. The largest absolute Gasteiger partial charge is 0.399 e. The summed E-state index contributed by atoms with van der Waals surface area (Å²) in [5.41, 5.74) is 5.17. The van der Waals surface area contributed by atoms with Crippen molar-refractivity contribution in [2.24, 2.45) is 0 Å². The fourth-order valence-electron chi connectivity index (χ4n) is 0.890. The van der Waals surface area contributed by atoms with Crippen LogP contribution in [0.5, 0.6) is 0 Å². The monoisotopic (exact) mass is 171 g/mol. The van der Waals surface area contributed by atoms with Gasteiger partial charge in [0.1, 0.15) is 0 Å². The van der Waals surface area contributed by atoms with Gasteiger partial charge in [-0.25, -0.2) is 8.78 Å². The van der Waals surface area contributed by atoms with Crippen LogP contribution in [0.1, 0.15) is 22.3 Å². The number of alkyl halides is 2. The van der Waals surface area contributed by atoms with Crippen molar-refractivity contribution in [3.05, 3.63) is 29.3 Å². The maximum absolute atomic E-state index is 12.2. The van der Waals surface area contributed by atoms with Crippen LogP contribution in [-0.2, 0) is 0 Å². The normalized spacial score (nSPS) is 10.2. The molecular formula is C8H7F2NO. The van der Waals surface area contributed by atoms with E-state index in [9.17, 15) is 13.6 Å². The molecule has 0 fully saturated rings. The van der Waals surface area contributed by atoms with Gasteiger partial charge in [0, 0.05) is 16.8 Å². The van der Waals surface area contributed by atoms with Gasteiger partial charge in [-0.05, 0) is 18.2 Å². The summed E-state index contributed by atoms with van der Waals surface area (Å²) in [5, 5.41) is 0. The fraction of sp³-hybridized carbons (Fsp3) is 0.125. The number of nitrogens with two attached hydrogens (primary N) is 1. The van der Waals surface area contributed by atoms with Crippen molar-refractivity contribution in [3.63, 3.8) is 0 Å². The summed E-state index contributed by atoms with van der Waals surface area (Å²) in [6, 6.07) is 3.80. The number of nitrogen functional groups attached to an aromatic ring is 1. The lowest BCUT2D eigenvalue weighted by molar-refractivity contribution is 0.110. The molecule has 2 nitrogen and oxygen atoms in total. The Morgan fingerprint density at radius 1 is 1.42 bits per heavy atom. The molecule has 0 aliphatic heterocycles.